The van der Waals surface area contributed by atoms with Crippen LogP contribution in [0.5, 0.6) is 0 Å². The van der Waals surface area contributed by atoms with E-state index in [1.165, 1.54) is 11.8 Å². The minimum Gasteiger partial charge on any atom is -0.337 e. The minimum atomic E-state index is -0.864. The first-order valence-corrected chi connectivity index (χ1v) is 8.49. The first kappa shape index (κ1) is 17.4. The lowest BCUT2D eigenvalue weighted by Gasteiger charge is -2.28. The van der Waals surface area contributed by atoms with Gasteiger partial charge in [0.15, 0.2) is 5.16 Å². The highest BCUT2D eigenvalue weighted by Gasteiger charge is 2.32. The van der Waals surface area contributed by atoms with Gasteiger partial charge in [-0.25, -0.2) is 4.98 Å². The van der Waals surface area contributed by atoms with Gasteiger partial charge in [-0.05, 0) is 44.4 Å². The number of aryl methyl sites for hydroxylation is 1. The van der Waals surface area contributed by atoms with E-state index in [0.717, 1.165) is 16.6 Å². The first-order chi connectivity index (χ1) is 10.7. The average Bonchev–Trinajstić information content (AvgIpc) is 2.87. The fourth-order valence-electron chi connectivity index (χ4n) is 2.04. The first-order valence-electron chi connectivity index (χ1n) is 7.61. The van der Waals surface area contributed by atoms with Crippen LogP contribution in [-0.2, 0) is 4.79 Å². The van der Waals surface area contributed by atoms with Gasteiger partial charge in [0, 0.05) is 0 Å². The van der Waals surface area contributed by atoms with Crippen molar-refractivity contribution in [2.45, 2.75) is 50.6 Å². The van der Waals surface area contributed by atoms with Crippen molar-refractivity contribution in [3.63, 3.8) is 0 Å². The molecular formula is C17H22N4OS. The number of carbonyl (C=O) groups excluding carboxylic acids is 1. The number of imidazole rings is 1. The molecule has 0 bridgehead atoms. The quantitative estimate of drug-likeness (QED) is 0.823. The maximum absolute atomic E-state index is 12.4. The van der Waals surface area contributed by atoms with Crippen LogP contribution in [0.15, 0.2) is 23.4 Å². The summed E-state index contributed by atoms with van der Waals surface area (Å²) in [5, 5.41) is 12.5. The van der Waals surface area contributed by atoms with Crippen LogP contribution in [0.4, 0.5) is 0 Å². The fraction of sp³-hybridized carbons (Fsp3) is 0.471. The molecule has 5 nitrogen and oxygen atoms in total. The van der Waals surface area contributed by atoms with Crippen molar-refractivity contribution in [2.75, 3.05) is 0 Å². The number of fused-ring (bicyclic) bond motifs is 1. The van der Waals surface area contributed by atoms with Gasteiger partial charge in [0.05, 0.1) is 22.4 Å². The van der Waals surface area contributed by atoms with E-state index in [-0.39, 0.29) is 17.1 Å². The van der Waals surface area contributed by atoms with E-state index in [2.05, 4.69) is 21.4 Å². The van der Waals surface area contributed by atoms with Crippen LogP contribution < -0.4 is 5.32 Å². The molecule has 2 unspecified atom stereocenters. The lowest BCUT2D eigenvalue weighted by molar-refractivity contribution is -0.121. The van der Waals surface area contributed by atoms with Gasteiger partial charge in [-0.1, -0.05) is 31.7 Å². The van der Waals surface area contributed by atoms with Crippen LogP contribution in [0, 0.1) is 24.2 Å². The smallest absolute Gasteiger partial charge is 0.234 e. The van der Waals surface area contributed by atoms with E-state index in [4.69, 9.17) is 0 Å². The van der Waals surface area contributed by atoms with E-state index in [1.807, 2.05) is 45.9 Å². The highest BCUT2D eigenvalue weighted by molar-refractivity contribution is 8.00. The zero-order valence-electron chi connectivity index (χ0n) is 14.1. The van der Waals surface area contributed by atoms with E-state index in [9.17, 15) is 10.1 Å². The summed E-state index contributed by atoms with van der Waals surface area (Å²) in [5.74, 6) is -0.132. The molecule has 2 rings (SSSR count). The predicted octanol–water partition coefficient (Wildman–Crippen LogP) is 3.41. The Labute approximate surface area is 140 Å². The number of rotatable bonds is 5. The van der Waals surface area contributed by atoms with Crippen LogP contribution in [0.3, 0.4) is 0 Å². The predicted molar refractivity (Wildman–Crippen MR) is 93.1 cm³/mol. The van der Waals surface area contributed by atoms with Gasteiger partial charge < -0.3 is 10.3 Å². The summed E-state index contributed by atoms with van der Waals surface area (Å²) >= 11 is 1.36. The van der Waals surface area contributed by atoms with Gasteiger partial charge in [-0.2, -0.15) is 5.26 Å². The van der Waals surface area contributed by atoms with Crippen LogP contribution in [0.2, 0.25) is 0 Å². The number of hydrogen-bond donors (Lipinski definition) is 2. The number of carbonyl (C=O) groups is 1. The molecule has 1 heterocycles. The van der Waals surface area contributed by atoms with Gasteiger partial charge >= 0.3 is 0 Å². The van der Waals surface area contributed by atoms with Gasteiger partial charge in [0.2, 0.25) is 5.91 Å². The molecule has 23 heavy (non-hydrogen) atoms. The second-order valence-electron chi connectivity index (χ2n) is 6.28. The number of amides is 1. The summed E-state index contributed by atoms with van der Waals surface area (Å²) in [6, 6.07) is 8.19. The Morgan fingerprint density at radius 3 is 2.74 bits per heavy atom. The maximum atomic E-state index is 12.4. The molecule has 2 aromatic rings. The van der Waals surface area contributed by atoms with Crippen molar-refractivity contribution >= 4 is 28.7 Å². The normalized spacial score (nSPS) is 15.2. The SMILES string of the molecule is Cc1ccc2nc(SC(C)C(=O)NC(C)(C#N)C(C)C)[nH]c2c1. The summed E-state index contributed by atoms with van der Waals surface area (Å²) in [6.07, 6.45) is 0. The average molecular weight is 330 g/mol. The van der Waals surface area contributed by atoms with Gasteiger partial charge in [-0.3, -0.25) is 4.79 Å². The third-order valence-corrected chi connectivity index (χ3v) is 5.03. The summed E-state index contributed by atoms with van der Waals surface area (Å²) in [5.41, 5.74) is 2.14. The van der Waals surface area contributed by atoms with Crippen LogP contribution in [0.25, 0.3) is 11.0 Å². The monoisotopic (exact) mass is 330 g/mol. The number of H-pyrrole nitrogens is 1. The molecule has 6 heteroatoms. The second kappa shape index (κ2) is 6.63. The van der Waals surface area contributed by atoms with Crippen LogP contribution >= 0.6 is 11.8 Å². The van der Waals surface area contributed by atoms with Crippen LogP contribution in [0.1, 0.15) is 33.3 Å². The van der Waals surface area contributed by atoms with Crippen LogP contribution in [-0.4, -0.2) is 26.7 Å². The Morgan fingerprint density at radius 1 is 1.43 bits per heavy atom. The lowest BCUT2D eigenvalue weighted by Crippen LogP contribution is -2.51. The standard InChI is InChI=1S/C17H22N4OS/c1-10(2)17(5,9-18)21-15(22)12(4)23-16-19-13-7-6-11(3)8-14(13)20-16/h6-8,10,12H,1-5H3,(H,19,20)(H,21,22). The second-order valence-corrected chi connectivity index (χ2v) is 7.61. The number of aromatic nitrogens is 2. The Morgan fingerprint density at radius 2 is 2.13 bits per heavy atom. The molecule has 0 aliphatic rings. The summed E-state index contributed by atoms with van der Waals surface area (Å²) in [4.78, 5) is 20.1. The van der Waals surface area contributed by atoms with E-state index < -0.39 is 5.54 Å². The summed E-state index contributed by atoms with van der Waals surface area (Å²) in [7, 11) is 0. The van der Waals surface area contributed by atoms with Gasteiger partial charge in [0.25, 0.3) is 0 Å². The molecule has 1 aromatic heterocycles. The maximum Gasteiger partial charge on any atom is 0.234 e. The van der Waals surface area contributed by atoms with Crippen molar-refractivity contribution < 1.29 is 4.79 Å². The van der Waals surface area contributed by atoms with Gasteiger partial charge in [0.1, 0.15) is 5.54 Å². The number of nitrogens with one attached hydrogen (secondary N) is 2. The minimum absolute atomic E-state index is 0.0304. The molecule has 0 spiro atoms. The molecule has 1 aromatic carbocycles. The number of nitriles is 1. The topological polar surface area (TPSA) is 81.6 Å². The fourth-order valence-corrected chi connectivity index (χ4v) is 2.86. The summed E-state index contributed by atoms with van der Waals surface area (Å²) in [6.45, 7) is 9.43. The highest BCUT2D eigenvalue weighted by atomic mass is 32.2. The number of benzene rings is 1. The lowest BCUT2D eigenvalue weighted by atomic mass is 9.90. The zero-order valence-corrected chi connectivity index (χ0v) is 14.9. The van der Waals surface area contributed by atoms with E-state index in [1.54, 1.807) is 6.92 Å². The third kappa shape index (κ3) is 3.85. The van der Waals surface area contributed by atoms with Crippen molar-refractivity contribution in [3.05, 3.63) is 23.8 Å². The number of aromatic amines is 1. The molecule has 2 N–H and O–H groups in total. The summed E-state index contributed by atoms with van der Waals surface area (Å²) < 4.78 is 0. The Bertz CT molecular complexity index is 762. The molecule has 2 atom stereocenters. The molecular weight excluding hydrogens is 308 g/mol. The van der Waals surface area contributed by atoms with E-state index in [0.29, 0.717) is 5.16 Å². The number of thioether (sulfide) groups is 1. The highest BCUT2D eigenvalue weighted by Crippen LogP contribution is 2.25. The zero-order chi connectivity index (χ0) is 17.2. The number of hydrogen-bond acceptors (Lipinski definition) is 4. The molecule has 0 fully saturated rings. The van der Waals surface area contributed by atoms with Crippen molar-refractivity contribution in [1.82, 2.24) is 15.3 Å². The van der Waals surface area contributed by atoms with E-state index >= 15 is 0 Å². The largest absolute Gasteiger partial charge is 0.337 e. The Hall–Kier alpha value is -2.00. The molecule has 0 saturated carbocycles. The Kier molecular flexibility index (Phi) is 5.00. The molecule has 122 valence electrons. The van der Waals surface area contributed by atoms with Crippen molar-refractivity contribution in [2.24, 2.45) is 5.92 Å². The van der Waals surface area contributed by atoms with Gasteiger partial charge in [-0.15, -0.1) is 0 Å². The van der Waals surface area contributed by atoms with Crippen molar-refractivity contribution in [1.29, 1.82) is 5.26 Å². The molecule has 0 saturated heterocycles. The van der Waals surface area contributed by atoms with Crippen molar-refractivity contribution in [3.8, 4) is 6.07 Å². The molecule has 0 radical (unpaired) electrons. The number of nitrogens with zero attached hydrogens (tertiary/aromatic N) is 2. The Balaban J connectivity index is 2.09. The molecule has 1 amide bonds. The third-order valence-electron chi connectivity index (χ3n) is 4.04. The molecule has 0 aliphatic carbocycles. The molecule has 0 aliphatic heterocycles.